The number of hydrogen-bond donors (Lipinski definition) is 1. The monoisotopic (exact) mass is 322 g/mol. The molecule has 1 aromatic rings. The lowest BCUT2D eigenvalue weighted by Crippen LogP contribution is -2.53. The van der Waals surface area contributed by atoms with Crippen molar-refractivity contribution in [1.82, 2.24) is 20.3 Å². The first kappa shape index (κ1) is 16.3. The van der Waals surface area contributed by atoms with Crippen LogP contribution in [0, 0.1) is 13.8 Å². The smallest absolute Gasteiger partial charge is 0.317 e. The summed E-state index contributed by atoms with van der Waals surface area (Å²) in [6, 6.07) is 0.247. The predicted molar refractivity (Wildman–Crippen MR) is 85.2 cm³/mol. The van der Waals surface area contributed by atoms with E-state index >= 15 is 0 Å². The second-order valence-electron chi connectivity index (χ2n) is 6.43. The summed E-state index contributed by atoms with van der Waals surface area (Å²) >= 11 is 0. The van der Waals surface area contributed by atoms with E-state index in [-0.39, 0.29) is 12.1 Å². The molecule has 1 unspecified atom stereocenters. The molecule has 128 valence electrons. The minimum absolute atomic E-state index is 0.0393. The van der Waals surface area contributed by atoms with E-state index in [1.807, 2.05) is 18.7 Å². The molecule has 7 nitrogen and oxygen atoms in total. The fourth-order valence-electron chi connectivity index (χ4n) is 3.30. The first-order valence-corrected chi connectivity index (χ1v) is 8.41. The number of carbonyl (C=O) groups excluding carboxylic acids is 1. The Balaban J connectivity index is 1.52. The van der Waals surface area contributed by atoms with Gasteiger partial charge in [-0.3, -0.25) is 4.90 Å². The zero-order chi connectivity index (χ0) is 16.2. The van der Waals surface area contributed by atoms with Crippen molar-refractivity contribution in [1.29, 1.82) is 0 Å². The van der Waals surface area contributed by atoms with Gasteiger partial charge in [0.1, 0.15) is 5.76 Å². The third-order valence-corrected chi connectivity index (χ3v) is 4.69. The fraction of sp³-hybridized carbons (Fsp3) is 0.750. The van der Waals surface area contributed by atoms with Crippen molar-refractivity contribution in [2.75, 3.05) is 39.4 Å². The molecule has 2 aliphatic rings. The molecule has 2 aliphatic heterocycles. The predicted octanol–water partition coefficient (Wildman–Crippen LogP) is 1.30. The van der Waals surface area contributed by atoms with Gasteiger partial charge in [-0.15, -0.1) is 0 Å². The molecule has 1 aromatic heterocycles. The highest BCUT2D eigenvalue weighted by molar-refractivity contribution is 5.74. The van der Waals surface area contributed by atoms with Crippen LogP contribution in [0.4, 0.5) is 4.79 Å². The summed E-state index contributed by atoms with van der Waals surface area (Å²) in [4.78, 5) is 16.5. The van der Waals surface area contributed by atoms with Gasteiger partial charge in [0.2, 0.25) is 0 Å². The van der Waals surface area contributed by atoms with Gasteiger partial charge in [0, 0.05) is 37.8 Å². The summed E-state index contributed by atoms with van der Waals surface area (Å²) in [5.74, 6) is 0.891. The normalized spacial score (nSPS) is 23.0. The maximum atomic E-state index is 12.3. The third kappa shape index (κ3) is 4.03. The zero-order valence-electron chi connectivity index (χ0n) is 14.0. The van der Waals surface area contributed by atoms with Gasteiger partial charge in [0.15, 0.2) is 0 Å². The topological polar surface area (TPSA) is 70.8 Å². The molecule has 7 heteroatoms. The molecule has 0 bridgehead atoms. The lowest BCUT2D eigenvalue weighted by atomic mass is 10.0. The summed E-state index contributed by atoms with van der Waals surface area (Å²) in [5.41, 5.74) is 2.13. The van der Waals surface area contributed by atoms with Crippen LogP contribution in [0.25, 0.3) is 0 Å². The Bertz CT molecular complexity index is 520. The number of nitrogens with zero attached hydrogens (tertiary/aromatic N) is 3. The Kier molecular flexibility index (Phi) is 5.17. The standard InChI is InChI=1S/C16H26N4O3/c1-12-15(13(2)23-18-12)11-19-5-3-4-14(10-19)17-16(21)20-6-8-22-9-7-20/h14H,3-11H2,1-2H3,(H,17,21). The lowest BCUT2D eigenvalue weighted by Gasteiger charge is -2.35. The van der Waals surface area contributed by atoms with Crippen molar-refractivity contribution in [3.8, 4) is 0 Å². The van der Waals surface area contributed by atoms with E-state index in [2.05, 4.69) is 15.4 Å². The quantitative estimate of drug-likeness (QED) is 0.908. The minimum Gasteiger partial charge on any atom is -0.378 e. The number of ether oxygens (including phenoxy) is 1. The molecule has 3 heterocycles. The molecular weight excluding hydrogens is 296 g/mol. The number of likely N-dealkylation sites (tertiary alicyclic amines) is 1. The Hall–Kier alpha value is -1.60. The van der Waals surface area contributed by atoms with E-state index in [9.17, 15) is 4.79 Å². The molecule has 23 heavy (non-hydrogen) atoms. The molecule has 3 rings (SSSR count). The number of piperidine rings is 1. The molecule has 0 aliphatic carbocycles. The molecule has 2 amide bonds. The van der Waals surface area contributed by atoms with E-state index in [1.54, 1.807) is 0 Å². The maximum Gasteiger partial charge on any atom is 0.317 e. The Morgan fingerprint density at radius 1 is 1.30 bits per heavy atom. The summed E-state index contributed by atoms with van der Waals surface area (Å²) in [6.45, 7) is 9.33. The number of aryl methyl sites for hydroxylation is 2. The molecule has 0 radical (unpaired) electrons. The molecular formula is C16H26N4O3. The number of urea groups is 1. The van der Waals surface area contributed by atoms with Crippen LogP contribution >= 0.6 is 0 Å². The zero-order valence-corrected chi connectivity index (χ0v) is 14.0. The van der Waals surface area contributed by atoms with Crippen molar-refractivity contribution in [2.24, 2.45) is 0 Å². The largest absolute Gasteiger partial charge is 0.378 e. The van der Waals surface area contributed by atoms with Gasteiger partial charge in [-0.05, 0) is 33.2 Å². The van der Waals surface area contributed by atoms with Gasteiger partial charge in [-0.25, -0.2) is 4.79 Å². The number of nitrogens with one attached hydrogen (secondary N) is 1. The van der Waals surface area contributed by atoms with Gasteiger partial charge in [0.25, 0.3) is 0 Å². The van der Waals surface area contributed by atoms with E-state index in [0.29, 0.717) is 26.3 Å². The van der Waals surface area contributed by atoms with Crippen molar-refractivity contribution in [3.05, 3.63) is 17.0 Å². The average Bonchev–Trinajstić information content (AvgIpc) is 2.88. The fourth-order valence-corrected chi connectivity index (χ4v) is 3.30. The average molecular weight is 322 g/mol. The van der Waals surface area contributed by atoms with Crippen molar-refractivity contribution >= 4 is 6.03 Å². The summed E-state index contributed by atoms with van der Waals surface area (Å²) in [7, 11) is 0. The first-order valence-electron chi connectivity index (χ1n) is 8.41. The van der Waals surface area contributed by atoms with Crippen LogP contribution < -0.4 is 5.32 Å². The highest BCUT2D eigenvalue weighted by Gasteiger charge is 2.25. The number of amides is 2. The number of aromatic nitrogens is 1. The van der Waals surface area contributed by atoms with Crippen molar-refractivity contribution in [2.45, 2.75) is 39.3 Å². The van der Waals surface area contributed by atoms with E-state index in [1.165, 1.54) is 5.56 Å². The van der Waals surface area contributed by atoms with Crippen LogP contribution in [0.15, 0.2) is 4.52 Å². The minimum atomic E-state index is 0.0393. The number of carbonyl (C=O) groups is 1. The van der Waals surface area contributed by atoms with Crippen LogP contribution in [-0.4, -0.2) is 66.4 Å². The Morgan fingerprint density at radius 3 is 2.78 bits per heavy atom. The van der Waals surface area contributed by atoms with Crippen LogP contribution in [0.3, 0.4) is 0 Å². The van der Waals surface area contributed by atoms with Gasteiger partial charge in [-0.2, -0.15) is 0 Å². The highest BCUT2D eigenvalue weighted by atomic mass is 16.5. The van der Waals surface area contributed by atoms with E-state index in [0.717, 1.165) is 43.9 Å². The molecule has 1 N–H and O–H groups in total. The summed E-state index contributed by atoms with van der Waals surface area (Å²) in [6.07, 6.45) is 2.13. The number of morpholine rings is 1. The summed E-state index contributed by atoms with van der Waals surface area (Å²) in [5, 5.41) is 7.20. The molecule has 0 aromatic carbocycles. The molecule has 2 fully saturated rings. The molecule has 2 saturated heterocycles. The number of rotatable bonds is 3. The van der Waals surface area contributed by atoms with Crippen molar-refractivity contribution in [3.63, 3.8) is 0 Å². The second-order valence-corrected chi connectivity index (χ2v) is 6.43. The van der Waals surface area contributed by atoms with Gasteiger partial charge < -0.3 is 19.5 Å². The summed E-state index contributed by atoms with van der Waals surface area (Å²) < 4.78 is 10.5. The third-order valence-electron chi connectivity index (χ3n) is 4.69. The van der Waals surface area contributed by atoms with Crippen LogP contribution in [0.1, 0.15) is 29.9 Å². The van der Waals surface area contributed by atoms with Gasteiger partial charge >= 0.3 is 6.03 Å². The number of hydrogen-bond acceptors (Lipinski definition) is 5. The molecule has 0 saturated carbocycles. The second kappa shape index (κ2) is 7.31. The van der Waals surface area contributed by atoms with Crippen LogP contribution in [0.2, 0.25) is 0 Å². The first-order chi connectivity index (χ1) is 11.1. The van der Waals surface area contributed by atoms with E-state index < -0.39 is 0 Å². The van der Waals surface area contributed by atoms with E-state index in [4.69, 9.17) is 9.26 Å². The SMILES string of the molecule is Cc1noc(C)c1CN1CCCC(NC(=O)N2CCOCC2)C1. The van der Waals surface area contributed by atoms with Crippen LogP contribution in [0.5, 0.6) is 0 Å². The molecule has 0 spiro atoms. The van der Waals surface area contributed by atoms with Gasteiger partial charge in [0.05, 0.1) is 18.9 Å². The Morgan fingerprint density at radius 2 is 2.09 bits per heavy atom. The maximum absolute atomic E-state index is 12.3. The van der Waals surface area contributed by atoms with Crippen LogP contribution in [-0.2, 0) is 11.3 Å². The lowest BCUT2D eigenvalue weighted by molar-refractivity contribution is 0.0513. The molecule has 1 atom stereocenters. The van der Waals surface area contributed by atoms with Gasteiger partial charge in [-0.1, -0.05) is 5.16 Å². The highest BCUT2D eigenvalue weighted by Crippen LogP contribution is 2.18. The Labute approximate surface area is 136 Å². The van der Waals surface area contributed by atoms with Crippen molar-refractivity contribution < 1.29 is 14.1 Å².